The molecule has 3 aromatic rings. The predicted octanol–water partition coefficient (Wildman–Crippen LogP) is 3.00. The van der Waals surface area contributed by atoms with Gasteiger partial charge in [-0.2, -0.15) is 4.68 Å². The van der Waals surface area contributed by atoms with Crippen LogP contribution in [0.15, 0.2) is 60.7 Å². The Bertz CT molecular complexity index is 878. The molecule has 0 radical (unpaired) electrons. The fourth-order valence-corrected chi connectivity index (χ4v) is 3.67. The molecule has 0 aliphatic carbocycles. The number of hydrogen-bond acceptors (Lipinski definition) is 4. The summed E-state index contributed by atoms with van der Waals surface area (Å²) in [5.41, 5.74) is 2.15. The number of aryl methyl sites for hydroxylation is 1. The van der Waals surface area contributed by atoms with Gasteiger partial charge in [0.05, 0.1) is 5.69 Å². The first kappa shape index (κ1) is 17.4. The van der Waals surface area contributed by atoms with Crippen LogP contribution in [-0.2, 0) is 11.2 Å². The maximum Gasteiger partial charge on any atom is 0.222 e. The monoisotopic (exact) mass is 361 g/mol. The zero-order chi connectivity index (χ0) is 18.5. The van der Waals surface area contributed by atoms with Gasteiger partial charge in [0.2, 0.25) is 5.91 Å². The lowest BCUT2D eigenvalue weighted by atomic mass is 9.96. The highest BCUT2D eigenvalue weighted by molar-refractivity contribution is 5.76. The lowest BCUT2D eigenvalue weighted by Gasteiger charge is -2.32. The van der Waals surface area contributed by atoms with Crippen LogP contribution in [0.1, 0.15) is 36.6 Å². The fraction of sp³-hybridized carbons (Fsp3) is 0.333. The first-order valence-electron chi connectivity index (χ1n) is 9.46. The van der Waals surface area contributed by atoms with Crippen molar-refractivity contribution in [3.05, 3.63) is 72.1 Å². The van der Waals surface area contributed by atoms with E-state index in [1.165, 1.54) is 5.56 Å². The average molecular weight is 361 g/mol. The number of amides is 1. The Hall–Kier alpha value is -3.02. The molecular formula is C21H23N5O. The summed E-state index contributed by atoms with van der Waals surface area (Å²) in [6.07, 6.45) is 3.29. The SMILES string of the molecule is O=C(CCc1ccccc1)N1CCCC(c2nnnn2-c2ccccc2)C1. The van der Waals surface area contributed by atoms with Gasteiger partial charge >= 0.3 is 0 Å². The molecule has 27 heavy (non-hydrogen) atoms. The molecule has 0 N–H and O–H groups in total. The molecule has 138 valence electrons. The number of para-hydroxylation sites is 1. The summed E-state index contributed by atoms with van der Waals surface area (Å²) in [6.45, 7) is 1.50. The minimum atomic E-state index is 0.162. The van der Waals surface area contributed by atoms with E-state index >= 15 is 0 Å². The molecule has 1 unspecified atom stereocenters. The zero-order valence-electron chi connectivity index (χ0n) is 15.2. The summed E-state index contributed by atoms with van der Waals surface area (Å²) in [4.78, 5) is 14.7. The lowest BCUT2D eigenvalue weighted by Crippen LogP contribution is -2.39. The molecule has 0 bridgehead atoms. The van der Waals surface area contributed by atoms with Crippen molar-refractivity contribution in [2.45, 2.75) is 31.6 Å². The number of rotatable bonds is 5. The van der Waals surface area contributed by atoms with Gasteiger partial charge in [0.25, 0.3) is 0 Å². The molecule has 1 saturated heterocycles. The van der Waals surface area contributed by atoms with Crippen molar-refractivity contribution < 1.29 is 4.79 Å². The second kappa shape index (κ2) is 8.12. The number of tetrazole rings is 1. The van der Waals surface area contributed by atoms with Crippen molar-refractivity contribution in [1.82, 2.24) is 25.1 Å². The largest absolute Gasteiger partial charge is 0.342 e. The van der Waals surface area contributed by atoms with Gasteiger partial charge in [-0.15, -0.1) is 5.10 Å². The van der Waals surface area contributed by atoms with Crippen molar-refractivity contribution in [1.29, 1.82) is 0 Å². The number of aromatic nitrogens is 4. The summed E-state index contributed by atoms with van der Waals surface area (Å²) >= 11 is 0. The summed E-state index contributed by atoms with van der Waals surface area (Å²) < 4.78 is 1.79. The number of piperidine rings is 1. The maximum atomic E-state index is 12.7. The van der Waals surface area contributed by atoms with E-state index in [-0.39, 0.29) is 11.8 Å². The van der Waals surface area contributed by atoms with Crippen molar-refractivity contribution in [2.24, 2.45) is 0 Å². The smallest absolute Gasteiger partial charge is 0.222 e. The van der Waals surface area contributed by atoms with E-state index in [9.17, 15) is 4.79 Å². The quantitative estimate of drug-likeness (QED) is 0.701. The van der Waals surface area contributed by atoms with Crippen molar-refractivity contribution in [3.8, 4) is 5.69 Å². The molecule has 0 spiro atoms. The van der Waals surface area contributed by atoms with Gasteiger partial charge in [-0.05, 0) is 47.4 Å². The third-order valence-corrected chi connectivity index (χ3v) is 5.10. The van der Waals surface area contributed by atoms with Gasteiger partial charge in [0.15, 0.2) is 5.82 Å². The number of carbonyl (C=O) groups excluding carboxylic acids is 1. The number of likely N-dealkylation sites (tertiary alicyclic amines) is 1. The zero-order valence-corrected chi connectivity index (χ0v) is 15.2. The number of hydrogen-bond donors (Lipinski definition) is 0. The summed E-state index contributed by atoms with van der Waals surface area (Å²) in [5, 5.41) is 12.3. The van der Waals surface area contributed by atoms with Gasteiger partial charge < -0.3 is 4.90 Å². The predicted molar refractivity (Wildman–Crippen MR) is 102 cm³/mol. The van der Waals surface area contributed by atoms with Gasteiger partial charge in [0.1, 0.15) is 0 Å². The Morgan fingerprint density at radius 3 is 2.56 bits per heavy atom. The van der Waals surface area contributed by atoms with Crippen molar-refractivity contribution in [2.75, 3.05) is 13.1 Å². The molecule has 2 heterocycles. The molecule has 6 heteroatoms. The van der Waals surface area contributed by atoms with Crippen LogP contribution in [0.3, 0.4) is 0 Å². The van der Waals surface area contributed by atoms with E-state index in [0.717, 1.165) is 37.3 Å². The molecular weight excluding hydrogens is 338 g/mol. The molecule has 1 amide bonds. The maximum absolute atomic E-state index is 12.7. The molecule has 1 aliphatic heterocycles. The van der Waals surface area contributed by atoms with Crippen molar-refractivity contribution in [3.63, 3.8) is 0 Å². The third kappa shape index (κ3) is 4.05. The van der Waals surface area contributed by atoms with Gasteiger partial charge in [0, 0.05) is 25.4 Å². The van der Waals surface area contributed by atoms with E-state index in [2.05, 4.69) is 27.7 Å². The molecule has 0 saturated carbocycles. The summed E-state index contributed by atoms with van der Waals surface area (Å²) in [6, 6.07) is 20.1. The Morgan fingerprint density at radius 2 is 1.78 bits per heavy atom. The highest BCUT2D eigenvalue weighted by Crippen LogP contribution is 2.27. The first-order chi connectivity index (χ1) is 13.3. The molecule has 1 fully saturated rings. The molecule has 1 aliphatic rings. The second-order valence-electron chi connectivity index (χ2n) is 6.95. The normalized spacial score (nSPS) is 17.0. The Labute approximate surface area is 158 Å². The molecule has 6 nitrogen and oxygen atoms in total. The van der Waals surface area contributed by atoms with Crippen molar-refractivity contribution >= 4 is 5.91 Å². The highest BCUT2D eigenvalue weighted by Gasteiger charge is 2.28. The van der Waals surface area contributed by atoms with Crippen LogP contribution < -0.4 is 0 Å². The minimum absolute atomic E-state index is 0.162. The summed E-state index contributed by atoms with van der Waals surface area (Å²) in [7, 11) is 0. The molecule has 2 aromatic carbocycles. The Morgan fingerprint density at radius 1 is 1.04 bits per heavy atom. The number of nitrogens with zero attached hydrogens (tertiary/aromatic N) is 5. The minimum Gasteiger partial charge on any atom is -0.342 e. The second-order valence-corrected chi connectivity index (χ2v) is 6.95. The lowest BCUT2D eigenvalue weighted by molar-refractivity contribution is -0.132. The summed E-state index contributed by atoms with van der Waals surface area (Å²) in [5.74, 6) is 1.21. The standard InChI is InChI=1S/C21H23N5O/c27-20(14-13-17-8-3-1-4-9-17)25-15-7-10-18(16-25)21-22-23-24-26(21)19-11-5-2-6-12-19/h1-6,8-9,11-12,18H,7,10,13-16H2. The molecule has 4 rings (SSSR count). The highest BCUT2D eigenvalue weighted by atomic mass is 16.2. The number of benzene rings is 2. The molecule has 1 atom stereocenters. The topological polar surface area (TPSA) is 63.9 Å². The van der Waals surface area contributed by atoms with Gasteiger partial charge in [-0.25, -0.2) is 0 Å². The van der Waals surface area contributed by atoms with Crippen LogP contribution in [-0.4, -0.2) is 44.1 Å². The van der Waals surface area contributed by atoms with Crippen LogP contribution in [0.4, 0.5) is 0 Å². The van der Waals surface area contributed by atoms with E-state index in [4.69, 9.17) is 0 Å². The van der Waals surface area contributed by atoms with Crippen LogP contribution in [0.2, 0.25) is 0 Å². The van der Waals surface area contributed by atoms with Crippen LogP contribution in [0, 0.1) is 0 Å². The van der Waals surface area contributed by atoms with Crippen LogP contribution in [0.25, 0.3) is 5.69 Å². The Kier molecular flexibility index (Phi) is 5.23. The van der Waals surface area contributed by atoms with Gasteiger partial charge in [-0.3, -0.25) is 4.79 Å². The van der Waals surface area contributed by atoms with E-state index in [1.54, 1.807) is 4.68 Å². The number of carbonyl (C=O) groups is 1. The van der Waals surface area contributed by atoms with E-state index < -0.39 is 0 Å². The fourth-order valence-electron chi connectivity index (χ4n) is 3.67. The van der Waals surface area contributed by atoms with E-state index in [0.29, 0.717) is 13.0 Å². The van der Waals surface area contributed by atoms with Crippen LogP contribution in [0.5, 0.6) is 0 Å². The van der Waals surface area contributed by atoms with E-state index in [1.807, 2.05) is 53.4 Å². The third-order valence-electron chi connectivity index (χ3n) is 5.10. The Balaban J connectivity index is 1.43. The first-order valence-corrected chi connectivity index (χ1v) is 9.46. The molecule has 1 aromatic heterocycles. The van der Waals surface area contributed by atoms with Crippen LogP contribution >= 0.6 is 0 Å². The van der Waals surface area contributed by atoms with Gasteiger partial charge in [-0.1, -0.05) is 48.5 Å². The average Bonchev–Trinajstić information content (AvgIpc) is 3.23.